The molecule has 0 fully saturated rings. The predicted octanol–water partition coefficient (Wildman–Crippen LogP) is 4.82. The van der Waals surface area contributed by atoms with Gasteiger partial charge in [0.15, 0.2) is 23.0 Å². The maximum Gasteiger partial charge on any atom is 0.160 e. The van der Waals surface area contributed by atoms with Gasteiger partial charge < -0.3 is 25.2 Å². The molecule has 0 spiro atoms. The number of phenols is 3. The molecule has 0 aromatic heterocycles. The number of hydrogen-bond acceptors (Lipinski definition) is 6. The van der Waals surface area contributed by atoms with E-state index in [1.165, 1.54) is 19.2 Å². The first kappa shape index (κ1) is 24.5. The van der Waals surface area contributed by atoms with Gasteiger partial charge in [0.25, 0.3) is 0 Å². The summed E-state index contributed by atoms with van der Waals surface area (Å²) in [5, 5.41) is 39.1. The monoisotopic (exact) mass is 430 g/mol. The van der Waals surface area contributed by atoms with Crippen LogP contribution in [0.4, 0.5) is 0 Å². The second-order valence-electron chi connectivity index (χ2n) is 8.09. The quantitative estimate of drug-likeness (QED) is 0.268. The van der Waals surface area contributed by atoms with Crippen molar-refractivity contribution in [1.29, 1.82) is 0 Å². The van der Waals surface area contributed by atoms with Crippen LogP contribution in [-0.4, -0.2) is 39.4 Å². The van der Waals surface area contributed by atoms with Crippen LogP contribution in [0.3, 0.4) is 0 Å². The molecule has 0 aliphatic carbocycles. The summed E-state index contributed by atoms with van der Waals surface area (Å²) in [7, 11) is 1.50. The van der Waals surface area contributed by atoms with Crippen LogP contribution < -0.4 is 4.74 Å². The highest BCUT2D eigenvalue weighted by atomic mass is 16.5. The molecule has 0 saturated heterocycles. The Balaban J connectivity index is 1.96. The van der Waals surface area contributed by atoms with Gasteiger partial charge in [-0.15, -0.1) is 0 Å². The van der Waals surface area contributed by atoms with Crippen molar-refractivity contribution < 1.29 is 30.0 Å². The summed E-state index contributed by atoms with van der Waals surface area (Å²) in [5.74, 6) is 0.0920. The molecular formula is C25H34O6. The molecule has 0 bridgehead atoms. The van der Waals surface area contributed by atoms with E-state index in [1.54, 1.807) is 18.2 Å². The highest BCUT2D eigenvalue weighted by molar-refractivity contribution is 5.79. The van der Waals surface area contributed by atoms with Gasteiger partial charge in [0.2, 0.25) is 0 Å². The number of carbonyl (C=O) groups is 1. The molecule has 2 rings (SSSR count). The van der Waals surface area contributed by atoms with E-state index in [9.17, 15) is 25.2 Å². The van der Waals surface area contributed by atoms with E-state index in [2.05, 4.69) is 6.92 Å². The molecule has 2 atom stereocenters. The smallest absolute Gasteiger partial charge is 0.160 e. The maximum atomic E-state index is 12.7. The lowest BCUT2D eigenvalue weighted by atomic mass is 9.87. The van der Waals surface area contributed by atoms with E-state index in [4.69, 9.17) is 4.74 Å². The first-order chi connectivity index (χ1) is 14.8. The number of unbranched alkanes of at least 4 members (excludes halogenated alkanes) is 2. The molecule has 170 valence electrons. The molecule has 0 radical (unpaired) electrons. The van der Waals surface area contributed by atoms with Crippen LogP contribution in [0.5, 0.6) is 23.0 Å². The molecule has 0 amide bonds. The van der Waals surface area contributed by atoms with E-state index < -0.39 is 6.10 Å². The second-order valence-corrected chi connectivity index (χ2v) is 8.09. The summed E-state index contributed by atoms with van der Waals surface area (Å²) in [6.45, 7) is 2.13. The van der Waals surface area contributed by atoms with Crippen molar-refractivity contribution in [2.45, 2.75) is 70.3 Å². The molecule has 6 nitrogen and oxygen atoms in total. The van der Waals surface area contributed by atoms with Gasteiger partial charge in [-0.2, -0.15) is 0 Å². The number of aryl methyl sites for hydroxylation is 1. The third-order valence-electron chi connectivity index (χ3n) is 5.57. The van der Waals surface area contributed by atoms with Gasteiger partial charge in [0.1, 0.15) is 5.78 Å². The highest BCUT2D eigenvalue weighted by Crippen LogP contribution is 2.34. The topological polar surface area (TPSA) is 107 Å². The fourth-order valence-corrected chi connectivity index (χ4v) is 3.76. The number of Topliss-reactive ketones (excluding diaryl/α,β-unsaturated/α-hetero) is 1. The minimum Gasteiger partial charge on any atom is -0.504 e. The van der Waals surface area contributed by atoms with Crippen molar-refractivity contribution >= 4 is 5.78 Å². The number of methoxy groups -OCH3 is 1. The Labute approximate surface area is 184 Å². The summed E-state index contributed by atoms with van der Waals surface area (Å²) < 4.78 is 5.21. The number of ketones is 1. The lowest BCUT2D eigenvalue weighted by Gasteiger charge is -2.19. The van der Waals surface area contributed by atoms with E-state index in [1.807, 2.05) is 6.07 Å². The number of phenolic OH excluding ortho intramolecular Hbond substituents is 3. The number of benzene rings is 2. The lowest BCUT2D eigenvalue weighted by molar-refractivity contribution is -0.121. The van der Waals surface area contributed by atoms with Crippen molar-refractivity contribution in [2.24, 2.45) is 0 Å². The Morgan fingerprint density at radius 1 is 0.935 bits per heavy atom. The van der Waals surface area contributed by atoms with Gasteiger partial charge in [0, 0.05) is 12.8 Å². The van der Waals surface area contributed by atoms with Gasteiger partial charge >= 0.3 is 0 Å². The fourth-order valence-electron chi connectivity index (χ4n) is 3.76. The summed E-state index contributed by atoms with van der Waals surface area (Å²) in [6.07, 6.45) is 4.56. The Morgan fingerprint density at radius 3 is 2.35 bits per heavy atom. The van der Waals surface area contributed by atoms with Gasteiger partial charge in [-0.1, -0.05) is 38.3 Å². The Morgan fingerprint density at radius 2 is 1.68 bits per heavy atom. The van der Waals surface area contributed by atoms with Gasteiger partial charge in [0.05, 0.1) is 13.2 Å². The molecule has 31 heavy (non-hydrogen) atoms. The van der Waals surface area contributed by atoms with Gasteiger partial charge in [-0.3, -0.25) is 4.79 Å². The number of aromatic hydroxyl groups is 3. The van der Waals surface area contributed by atoms with Crippen LogP contribution in [-0.2, 0) is 11.2 Å². The molecule has 0 aliphatic heterocycles. The van der Waals surface area contributed by atoms with Crippen LogP contribution in [0, 0.1) is 0 Å². The lowest BCUT2D eigenvalue weighted by Crippen LogP contribution is -2.17. The van der Waals surface area contributed by atoms with Crippen molar-refractivity contribution in [3.8, 4) is 23.0 Å². The number of carbonyl (C=O) groups excluding carboxylic acids is 1. The van der Waals surface area contributed by atoms with Crippen molar-refractivity contribution in [3.63, 3.8) is 0 Å². The van der Waals surface area contributed by atoms with Gasteiger partial charge in [-0.05, 0) is 60.6 Å². The van der Waals surface area contributed by atoms with Crippen molar-refractivity contribution in [2.75, 3.05) is 7.11 Å². The van der Waals surface area contributed by atoms with Crippen LogP contribution in [0.15, 0.2) is 36.4 Å². The standard InChI is InChI=1S/C25H34O6/c1-3-4-5-6-18(19-9-12-23(29)25(15-19)31-2)14-21(27)16-20(26)10-7-17-8-11-22(28)24(30)13-17/h8-9,11-13,15,18,20,26,28-30H,3-7,10,14,16H2,1-2H3/t18-,20-/m1/s1. The second kappa shape index (κ2) is 12.2. The first-order valence-corrected chi connectivity index (χ1v) is 10.9. The third kappa shape index (κ3) is 7.79. The van der Waals surface area contributed by atoms with Gasteiger partial charge in [-0.25, -0.2) is 0 Å². The summed E-state index contributed by atoms with van der Waals surface area (Å²) in [4.78, 5) is 12.7. The molecule has 0 heterocycles. The zero-order valence-corrected chi connectivity index (χ0v) is 18.4. The molecule has 6 heteroatoms. The highest BCUT2D eigenvalue weighted by Gasteiger charge is 2.20. The van der Waals surface area contributed by atoms with Crippen LogP contribution >= 0.6 is 0 Å². The number of aliphatic hydroxyl groups excluding tert-OH is 1. The number of hydrogen-bond donors (Lipinski definition) is 4. The van der Waals surface area contributed by atoms with E-state index >= 15 is 0 Å². The molecule has 0 aliphatic rings. The summed E-state index contributed by atoms with van der Waals surface area (Å²) >= 11 is 0. The zero-order chi connectivity index (χ0) is 22.8. The summed E-state index contributed by atoms with van der Waals surface area (Å²) in [5.41, 5.74) is 1.74. The molecule has 2 aromatic carbocycles. The molecule has 4 N–H and O–H groups in total. The molecular weight excluding hydrogens is 396 g/mol. The van der Waals surface area contributed by atoms with Crippen molar-refractivity contribution in [3.05, 3.63) is 47.5 Å². The first-order valence-electron chi connectivity index (χ1n) is 10.9. The zero-order valence-electron chi connectivity index (χ0n) is 18.4. The SMILES string of the molecule is CCCCC[C@H](CC(=O)C[C@H](O)CCc1ccc(O)c(O)c1)c1ccc(O)c(OC)c1. The van der Waals surface area contributed by atoms with E-state index in [0.29, 0.717) is 25.0 Å². The van der Waals surface area contributed by atoms with Crippen LogP contribution in [0.25, 0.3) is 0 Å². The summed E-state index contributed by atoms with van der Waals surface area (Å²) in [6, 6.07) is 9.77. The molecule has 2 aromatic rings. The van der Waals surface area contributed by atoms with E-state index in [-0.39, 0.29) is 35.4 Å². The van der Waals surface area contributed by atoms with Crippen molar-refractivity contribution in [1.82, 2.24) is 0 Å². The predicted molar refractivity (Wildman–Crippen MR) is 120 cm³/mol. The molecule has 0 saturated carbocycles. The van der Waals surface area contributed by atoms with Crippen LogP contribution in [0.2, 0.25) is 0 Å². The largest absolute Gasteiger partial charge is 0.504 e. The Hall–Kier alpha value is -2.73. The molecule has 0 unspecified atom stereocenters. The fraction of sp³-hybridized carbons (Fsp3) is 0.480. The Bertz CT molecular complexity index is 848. The average Bonchev–Trinajstić information content (AvgIpc) is 2.74. The minimum atomic E-state index is -0.769. The maximum absolute atomic E-state index is 12.7. The minimum absolute atomic E-state index is 0.00501. The number of rotatable bonds is 13. The average molecular weight is 431 g/mol. The Kier molecular flexibility index (Phi) is 9.66. The van der Waals surface area contributed by atoms with E-state index in [0.717, 1.165) is 36.8 Å². The normalized spacial score (nSPS) is 13.0. The van der Waals surface area contributed by atoms with Crippen LogP contribution in [0.1, 0.15) is 68.9 Å². The third-order valence-corrected chi connectivity index (χ3v) is 5.57. The number of ether oxygens (including phenoxy) is 1. The number of aliphatic hydroxyl groups is 1.